The van der Waals surface area contributed by atoms with Crippen molar-refractivity contribution >= 4 is 17.5 Å². The van der Waals surface area contributed by atoms with Crippen molar-refractivity contribution in [2.75, 3.05) is 7.11 Å². The molecule has 0 atom stereocenters. The van der Waals surface area contributed by atoms with Gasteiger partial charge in [0.05, 0.1) is 7.11 Å². The van der Waals surface area contributed by atoms with E-state index >= 15 is 0 Å². The third kappa shape index (κ3) is 4.98. The molecule has 0 aliphatic rings. The number of aromatic nitrogens is 1. The van der Waals surface area contributed by atoms with Crippen LogP contribution in [-0.4, -0.2) is 18.2 Å². The van der Waals surface area contributed by atoms with Crippen molar-refractivity contribution in [3.63, 3.8) is 0 Å². The number of amides is 1. The van der Waals surface area contributed by atoms with Crippen LogP contribution in [0, 0.1) is 5.82 Å². The molecule has 140 valence electrons. The quantitative estimate of drug-likeness (QED) is 0.660. The van der Waals surface area contributed by atoms with Crippen LogP contribution in [0.25, 0.3) is 0 Å². The number of hydrogen-bond donors (Lipinski definition) is 1. The zero-order valence-corrected chi connectivity index (χ0v) is 15.1. The Kier molecular flexibility index (Phi) is 5.93. The Hall–Kier alpha value is -3.06. The highest BCUT2D eigenvalue weighted by molar-refractivity contribution is 6.30. The minimum Gasteiger partial charge on any atom is -0.493 e. The summed E-state index contributed by atoms with van der Waals surface area (Å²) in [6.07, 6.45) is 0. The van der Waals surface area contributed by atoms with Gasteiger partial charge in [-0.05, 0) is 29.8 Å². The summed E-state index contributed by atoms with van der Waals surface area (Å²) in [6, 6.07) is 12.3. The smallest absolute Gasteiger partial charge is 0.273 e. The number of nitrogens with one attached hydrogen (secondary N) is 1. The molecule has 0 aliphatic heterocycles. The van der Waals surface area contributed by atoms with Crippen LogP contribution in [0.3, 0.4) is 0 Å². The van der Waals surface area contributed by atoms with Gasteiger partial charge >= 0.3 is 0 Å². The third-order valence-corrected chi connectivity index (χ3v) is 3.89. The Morgan fingerprint density at radius 2 is 1.96 bits per heavy atom. The maximum absolute atomic E-state index is 12.9. The largest absolute Gasteiger partial charge is 0.493 e. The number of halogens is 2. The average Bonchev–Trinajstić information content (AvgIpc) is 3.15. The standard InChI is InChI=1S/C19H16ClFN2O4/c1-25-18-8-13(20)4-7-17(18)26-11-15-9-16(23-27-15)19(24)22-10-12-2-5-14(21)6-3-12/h2-9H,10-11H2,1H3,(H,22,24). The van der Waals surface area contributed by atoms with Crippen LogP contribution in [0.15, 0.2) is 53.1 Å². The number of benzene rings is 2. The predicted octanol–water partition coefficient (Wildman–Crippen LogP) is 3.98. The molecule has 0 unspecified atom stereocenters. The lowest BCUT2D eigenvalue weighted by Gasteiger charge is -2.09. The third-order valence-electron chi connectivity index (χ3n) is 3.65. The summed E-state index contributed by atoms with van der Waals surface area (Å²) in [7, 11) is 1.51. The Morgan fingerprint density at radius 1 is 1.19 bits per heavy atom. The molecule has 0 spiro atoms. The number of nitrogens with zero attached hydrogens (tertiary/aromatic N) is 1. The van der Waals surface area contributed by atoms with E-state index in [4.69, 9.17) is 25.6 Å². The Labute approximate surface area is 159 Å². The lowest BCUT2D eigenvalue weighted by Crippen LogP contribution is -2.23. The van der Waals surface area contributed by atoms with Gasteiger partial charge in [-0.3, -0.25) is 4.79 Å². The minimum absolute atomic E-state index is 0.0657. The molecule has 1 heterocycles. The summed E-state index contributed by atoms with van der Waals surface area (Å²) in [5.74, 6) is 0.612. The maximum atomic E-state index is 12.9. The van der Waals surface area contributed by atoms with Crippen LogP contribution in [0.1, 0.15) is 21.8 Å². The molecule has 0 radical (unpaired) electrons. The second-order valence-electron chi connectivity index (χ2n) is 5.57. The van der Waals surface area contributed by atoms with Gasteiger partial charge in [0, 0.05) is 23.7 Å². The van der Waals surface area contributed by atoms with E-state index in [-0.39, 0.29) is 24.7 Å². The zero-order valence-electron chi connectivity index (χ0n) is 14.4. The number of hydrogen-bond acceptors (Lipinski definition) is 5. The number of rotatable bonds is 7. The first kappa shape index (κ1) is 18.7. The molecular weight excluding hydrogens is 375 g/mol. The SMILES string of the molecule is COc1cc(Cl)ccc1OCc1cc(C(=O)NCc2ccc(F)cc2)no1. The average molecular weight is 391 g/mol. The second kappa shape index (κ2) is 8.55. The van der Waals surface area contributed by atoms with Crippen molar-refractivity contribution in [1.29, 1.82) is 0 Å². The van der Waals surface area contributed by atoms with Gasteiger partial charge in [0.2, 0.25) is 0 Å². The van der Waals surface area contributed by atoms with Crippen LogP contribution in [0.5, 0.6) is 11.5 Å². The van der Waals surface area contributed by atoms with Gasteiger partial charge in [-0.15, -0.1) is 0 Å². The van der Waals surface area contributed by atoms with Crippen molar-refractivity contribution < 1.29 is 23.2 Å². The summed E-state index contributed by atoms with van der Waals surface area (Å²) in [6.45, 7) is 0.315. The fourth-order valence-electron chi connectivity index (χ4n) is 2.27. The highest BCUT2D eigenvalue weighted by Crippen LogP contribution is 2.30. The van der Waals surface area contributed by atoms with Crippen molar-refractivity contribution in [2.45, 2.75) is 13.2 Å². The van der Waals surface area contributed by atoms with Gasteiger partial charge in [-0.25, -0.2) is 4.39 Å². The molecule has 27 heavy (non-hydrogen) atoms. The summed E-state index contributed by atoms with van der Waals surface area (Å²) < 4.78 is 28.8. The lowest BCUT2D eigenvalue weighted by molar-refractivity contribution is 0.0941. The highest BCUT2D eigenvalue weighted by Gasteiger charge is 2.14. The fraction of sp³-hybridized carbons (Fsp3) is 0.158. The van der Waals surface area contributed by atoms with Gasteiger partial charge in [-0.2, -0.15) is 0 Å². The van der Waals surface area contributed by atoms with Gasteiger partial charge in [0.1, 0.15) is 12.4 Å². The van der Waals surface area contributed by atoms with E-state index in [0.29, 0.717) is 22.3 Å². The molecule has 0 aliphatic carbocycles. The van der Waals surface area contributed by atoms with Crippen LogP contribution in [0.4, 0.5) is 4.39 Å². The molecule has 3 rings (SSSR count). The van der Waals surface area contributed by atoms with Crippen LogP contribution in [-0.2, 0) is 13.2 Å². The van der Waals surface area contributed by atoms with E-state index in [1.165, 1.54) is 25.3 Å². The van der Waals surface area contributed by atoms with E-state index in [2.05, 4.69) is 10.5 Å². The number of methoxy groups -OCH3 is 1. The second-order valence-corrected chi connectivity index (χ2v) is 6.01. The minimum atomic E-state index is -0.404. The number of carbonyl (C=O) groups is 1. The first-order valence-electron chi connectivity index (χ1n) is 7.99. The van der Waals surface area contributed by atoms with Crippen molar-refractivity contribution in [1.82, 2.24) is 10.5 Å². The van der Waals surface area contributed by atoms with E-state index in [9.17, 15) is 9.18 Å². The van der Waals surface area contributed by atoms with Gasteiger partial charge in [-0.1, -0.05) is 28.9 Å². The van der Waals surface area contributed by atoms with Crippen LogP contribution < -0.4 is 14.8 Å². The Morgan fingerprint density at radius 3 is 2.70 bits per heavy atom. The number of ether oxygens (including phenoxy) is 2. The summed E-state index contributed by atoms with van der Waals surface area (Å²) in [5, 5.41) is 6.95. The normalized spacial score (nSPS) is 10.5. The topological polar surface area (TPSA) is 73.6 Å². The first-order valence-corrected chi connectivity index (χ1v) is 8.37. The molecule has 0 bridgehead atoms. The fourth-order valence-corrected chi connectivity index (χ4v) is 2.43. The summed E-state index contributed by atoms with van der Waals surface area (Å²) in [4.78, 5) is 12.1. The predicted molar refractivity (Wildman–Crippen MR) is 96.4 cm³/mol. The maximum Gasteiger partial charge on any atom is 0.273 e. The van der Waals surface area contributed by atoms with Crippen molar-refractivity contribution in [3.05, 3.63) is 76.4 Å². The molecule has 6 nitrogen and oxygen atoms in total. The van der Waals surface area contributed by atoms with Crippen molar-refractivity contribution in [2.24, 2.45) is 0 Å². The molecule has 0 saturated carbocycles. The van der Waals surface area contributed by atoms with Gasteiger partial charge in [0.15, 0.2) is 23.0 Å². The zero-order chi connectivity index (χ0) is 19.2. The van der Waals surface area contributed by atoms with Crippen LogP contribution in [0.2, 0.25) is 5.02 Å². The molecule has 1 amide bonds. The molecule has 1 N–H and O–H groups in total. The molecule has 3 aromatic rings. The first-order chi connectivity index (χ1) is 13.0. The van der Waals surface area contributed by atoms with Crippen LogP contribution >= 0.6 is 11.6 Å². The Bertz CT molecular complexity index is 928. The highest BCUT2D eigenvalue weighted by atomic mass is 35.5. The molecule has 2 aromatic carbocycles. The van der Waals surface area contributed by atoms with E-state index in [1.54, 1.807) is 30.3 Å². The summed E-state index contributed by atoms with van der Waals surface area (Å²) in [5.41, 5.74) is 0.894. The van der Waals surface area contributed by atoms with E-state index in [0.717, 1.165) is 5.56 Å². The molecule has 1 aromatic heterocycles. The Balaban J connectivity index is 1.56. The molecular formula is C19H16ClFN2O4. The molecule has 8 heteroatoms. The van der Waals surface area contributed by atoms with Gasteiger partial charge < -0.3 is 19.3 Å². The van der Waals surface area contributed by atoms with E-state index < -0.39 is 5.91 Å². The molecule has 0 saturated heterocycles. The lowest BCUT2D eigenvalue weighted by atomic mass is 10.2. The van der Waals surface area contributed by atoms with E-state index in [1.807, 2.05) is 0 Å². The monoisotopic (exact) mass is 390 g/mol. The summed E-state index contributed by atoms with van der Waals surface area (Å²) >= 11 is 5.91. The number of carbonyl (C=O) groups excluding carboxylic acids is 1. The van der Waals surface area contributed by atoms with Crippen molar-refractivity contribution in [3.8, 4) is 11.5 Å². The van der Waals surface area contributed by atoms with Gasteiger partial charge in [0.25, 0.3) is 5.91 Å². The molecule has 0 fully saturated rings.